The summed E-state index contributed by atoms with van der Waals surface area (Å²) in [5.41, 5.74) is 3.52. The largest absolute Gasteiger partial charge is 0.373 e. The summed E-state index contributed by atoms with van der Waals surface area (Å²) in [6, 6.07) is 12.1. The highest BCUT2D eigenvalue weighted by molar-refractivity contribution is 9.11. The van der Waals surface area contributed by atoms with Crippen LogP contribution in [0.15, 0.2) is 45.3 Å². The van der Waals surface area contributed by atoms with Gasteiger partial charge in [0.15, 0.2) is 0 Å². The molecule has 4 nitrogen and oxygen atoms in total. The Morgan fingerprint density at radius 3 is 1.52 bits per heavy atom. The van der Waals surface area contributed by atoms with E-state index in [9.17, 15) is 0 Å². The third-order valence-electron chi connectivity index (χ3n) is 6.58. The first-order chi connectivity index (χ1) is 19.5. The van der Waals surface area contributed by atoms with Gasteiger partial charge in [-0.15, -0.1) is 0 Å². The van der Waals surface area contributed by atoms with Crippen LogP contribution >= 0.6 is 86.9 Å². The van der Waals surface area contributed by atoms with E-state index >= 15 is 0 Å². The summed E-state index contributed by atoms with van der Waals surface area (Å²) in [5.74, 6) is 0. The van der Waals surface area contributed by atoms with Gasteiger partial charge in [-0.1, -0.05) is 141 Å². The molecule has 0 unspecified atom stereocenters. The van der Waals surface area contributed by atoms with Crippen LogP contribution in [0.1, 0.15) is 91.2 Å². The van der Waals surface area contributed by atoms with Crippen LogP contribution in [0.4, 0.5) is 0 Å². The van der Waals surface area contributed by atoms with E-state index in [1.807, 2.05) is 24.3 Å². The van der Waals surface area contributed by atoms with Crippen molar-refractivity contribution in [2.75, 3.05) is 10.7 Å². The van der Waals surface area contributed by atoms with Gasteiger partial charge in [0.05, 0.1) is 0 Å². The molecule has 1 aliphatic rings. The predicted molar refractivity (Wildman–Crippen MR) is 188 cm³/mol. The maximum Gasteiger partial charge on any atom is 0.373 e. The number of carbonyl (C=O) groups excluding carboxylic acids is 4. The number of benzene rings is 2. The van der Waals surface area contributed by atoms with E-state index < -0.39 is 0 Å². The van der Waals surface area contributed by atoms with Crippen molar-refractivity contribution in [2.24, 2.45) is 10.8 Å². The number of unbranched alkanes of at least 4 members (excludes halogenated alkanes) is 1. The second-order valence-electron chi connectivity index (χ2n) is 11.9. The molecule has 42 heavy (non-hydrogen) atoms. The average molecular weight is 881 g/mol. The molecule has 2 aromatic carbocycles. The molecule has 0 N–H and O–H groups in total. The lowest BCUT2D eigenvalue weighted by molar-refractivity contribution is -0.193. The summed E-state index contributed by atoms with van der Waals surface area (Å²) in [4.78, 5) is 32.5. The molecule has 0 heterocycles. The van der Waals surface area contributed by atoms with Crippen molar-refractivity contribution in [1.29, 1.82) is 0 Å². The molecule has 1 fully saturated rings. The summed E-state index contributed by atoms with van der Waals surface area (Å²) in [6.07, 6.45) is 9.31. The Kier molecular flexibility index (Phi) is 24.1. The molecule has 0 radical (unpaired) electrons. The Labute approximate surface area is 296 Å². The lowest BCUT2D eigenvalue weighted by Gasteiger charge is -2.43. The molecule has 236 valence electrons. The Morgan fingerprint density at radius 2 is 1.14 bits per heavy atom. The van der Waals surface area contributed by atoms with Gasteiger partial charge in [0.2, 0.25) is 0 Å². The molecule has 1 aliphatic carbocycles. The topological polar surface area (TPSA) is 68.3 Å². The summed E-state index contributed by atoms with van der Waals surface area (Å²) >= 11 is 26.0. The average Bonchev–Trinajstić information content (AvgIpc) is 3.39. The van der Waals surface area contributed by atoms with E-state index in [2.05, 4.69) is 117 Å². The number of alkyl halides is 2. The Bertz CT molecular complexity index is 1090. The van der Waals surface area contributed by atoms with Gasteiger partial charge in [-0.05, 0) is 90.5 Å². The fraction of sp³-hybridized carbons (Fsp3) is 0.562. The number of halogens is 6. The van der Waals surface area contributed by atoms with Crippen molar-refractivity contribution in [1.82, 2.24) is 0 Å². The van der Waals surface area contributed by atoms with Crippen LogP contribution in [0.3, 0.4) is 0 Å². The first kappa shape index (κ1) is 43.8. The zero-order chi connectivity index (χ0) is 33.0. The van der Waals surface area contributed by atoms with Gasteiger partial charge in [0.1, 0.15) is 0 Å². The van der Waals surface area contributed by atoms with Crippen molar-refractivity contribution in [3.05, 3.63) is 66.5 Å². The predicted octanol–water partition coefficient (Wildman–Crippen LogP) is 12.0. The van der Waals surface area contributed by atoms with Crippen LogP contribution in [0.2, 0.25) is 10.0 Å². The smallest absolute Gasteiger partial charge is 0.186 e. The summed E-state index contributed by atoms with van der Waals surface area (Å²) in [5, 5.41) is 3.93. The maximum absolute atomic E-state index is 8.12. The van der Waals surface area contributed by atoms with Crippen LogP contribution in [0.25, 0.3) is 0 Å². The van der Waals surface area contributed by atoms with E-state index in [4.69, 9.17) is 42.4 Å². The van der Waals surface area contributed by atoms with Crippen molar-refractivity contribution in [2.45, 2.75) is 91.9 Å². The highest BCUT2D eigenvalue weighted by Gasteiger charge is 2.46. The molecule has 2 aromatic rings. The second-order valence-corrected chi connectivity index (χ2v) is 16.1. The highest BCUT2D eigenvalue weighted by Crippen LogP contribution is 2.54. The van der Waals surface area contributed by atoms with Gasteiger partial charge in [-0.3, -0.25) is 0 Å². The highest BCUT2D eigenvalue weighted by atomic mass is 79.9. The normalized spacial score (nSPS) is 13.2. The lowest BCUT2D eigenvalue weighted by Crippen LogP contribution is -2.37. The fourth-order valence-corrected chi connectivity index (χ4v) is 6.88. The molecule has 0 atom stereocenters. The molecular weight excluding hydrogens is 839 g/mol. The van der Waals surface area contributed by atoms with Gasteiger partial charge < -0.3 is 0 Å². The molecule has 10 heteroatoms. The Morgan fingerprint density at radius 1 is 0.738 bits per heavy atom. The molecule has 0 bridgehead atoms. The lowest BCUT2D eigenvalue weighted by atomic mass is 9.61. The number of hydrogen-bond donors (Lipinski definition) is 0. The zero-order valence-electron chi connectivity index (χ0n) is 25.2. The van der Waals surface area contributed by atoms with Gasteiger partial charge in [-0.25, -0.2) is 0 Å². The zero-order valence-corrected chi connectivity index (χ0v) is 33.1. The van der Waals surface area contributed by atoms with Crippen molar-refractivity contribution in [3.8, 4) is 0 Å². The molecule has 3 rings (SSSR count). The third kappa shape index (κ3) is 17.9. The van der Waals surface area contributed by atoms with Crippen LogP contribution in [-0.4, -0.2) is 23.0 Å². The first-order valence-electron chi connectivity index (χ1n) is 13.5. The minimum atomic E-state index is 0.250. The van der Waals surface area contributed by atoms with E-state index in [0.29, 0.717) is 5.41 Å². The quantitative estimate of drug-likeness (QED) is 0.222. The maximum atomic E-state index is 8.12. The van der Waals surface area contributed by atoms with Gasteiger partial charge in [0.25, 0.3) is 0 Å². The number of rotatable bonds is 5. The third-order valence-corrected chi connectivity index (χ3v) is 9.64. The Balaban J connectivity index is 0. The number of hydrogen-bond acceptors (Lipinski definition) is 4. The van der Waals surface area contributed by atoms with E-state index in [1.54, 1.807) is 0 Å². The second kappa shape index (κ2) is 23.1. The van der Waals surface area contributed by atoms with Crippen molar-refractivity contribution < 1.29 is 19.2 Å². The van der Waals surface area contributed by atoms with Crippen LogP contribution in [-0.2, 0) is 31.0 Å². The molecule has 0 aromatic heterocycles. The Hall–Kier alpha value is -0.300. The van der Waals surface area contributed by atoms with Gasteiger partial charge >= 0.3 is 12.3 Å². The molecule has 0 spiro atoms. The van der Waals surface area contributed by atoms with Gasteiger partial charge in [0, 0.05) is 35.1 Å². The minimum Gasteiger partial charge on any atom is -0.186 e. The summed E-state index contributed by atoms with van der Waals surface area (Å²) in [7, 11) is 0. The fourth-order valence-electron chi connectivity index (χ4n) is 4.71. The summed E-state index contributed by atoms with van der Waals surface area (Å²) < 4.78 is 2.35. The first-order valence-corrected chi connectivity index (χ1v) is 18.1. The molecular formula is C32H42Br4Cl2O4. The summed E-state index contributed by atoms with van der Waals surface area (Å²) in [6.45, 7) is 13.7. The van der Waals surface area contributed by atoms with Crippen LogP contribution in [0, 0.1) is 10.8 Å². The molecule has 0 aliphatic heterocycles. The monoisotopic (exact) mass is 876 g/mol. The van der Waals surface area contributed by atoms with E-state index in [-0.39, 0.29) is 23.1 Å². The molecule has 0 saturated heterocycles. The van der Waals surface area contributed by atoms with Crippen LogP contribution in [0.5, 0.6) is 0 Å². The SMILES string of the molecule is BrCCCCBr.CC(C)(C)C1(c2cc(Cl)ccc2Br)CCCC1.CC(C)(C)Cc1cc(Cl)ccc1Br.O=C=O.O=C=O. The van der Waals surface area contributed by atoms with E-state index in [0.717, 1.165) is 31.6 Å². The van der Waals surface area contributed by atoms with E-state index in [1.165, 1.54) is 54.1 Å². The molecule has 1 saturated carbocycles. The standard InChI is InChI=1S/C15H20BrCl.C11H14BrCl.C4H8Br2.2CO2/c1-14(2,3)15(8-4-5-9-15)12-10-11(17)6-7-13(12)16;1-11(2,3)7-8-6-9(13)4-5-10(8)12;5-3-1-2-4-6;2*2-1-3/h6-7,10H,4-5,8-9H2,1-3H3;4-6H,7H2,1-3H3;1-4H2;;. The molecule has 0 amide bonds. The van der Waals surface area contributed by atoms with Crippen molar-refractivity contribution in [3.63, 3.8) is 0 Å². The van der Waals surface area contributed by atoms with Crippen molar-refractivity contribution >= 4 is 99.2 Å². The van der Waals surface area contributed by atoms with Crippen LogP contribution < -0.4 is 0 Å². The van der Waals surface area contributed by atoms with Gasteiger partial charge in [-0.2, -0.15) is 19.2 Å². The minimum absolute atomic E-state index is 0.250.